The molecule has 0 saturated heterocycles. The van der Waals surface area contributed by atoms with Gasteiger partial charge in [-0.25, -0.2) is 4.98 Å². The third-order valence-corrected chi connectivity index (χ3v) is 5.13. The Morgan fingerprint density at radius 1 is 1.29 bits per heavy atom. The monoisotopic (exact) mass is 365 g/mol. The summed E-state index contributed by atoms with van der Waals surface area (Å²) >= 11 is 7.53. The van der Waals surface area contributed by atoms with Gasteiger partial charge in [-0.1, -0.05) is 37.6 Å². The number of nitrogens with one attached hydrogen (secondary N) is 1. The summed E-state index contributed by atoms with van der Waals surface area (Å²) in [5.41, 5.74) is 7.90. The van der Waals surface area contributed by atoms with Crippen LogP contribution in [0.2, 0.25) is 5.02 Å². The highest BCUT2D eigenvalue weighted by atomic mass is 35.5. The molecule has 0 aliphatic carbocycles. The lowest BCUT2D eigenvalue weighted by atomic mass is 10.0. The van der Waals surface area contributed by atoms with Crippen molar-refractivity contribution in [3.63, 3.8) is 0 Å². The molecule has 1 unspecified atom stereocenters. The molecule has 1 aromatic carbocycles. The maximum absolute atomic E-state index is 12.2. The van der Waals surface area contributed by atoms with Crippen LogP contribution < -0.4 is 11.1 Å². The van der Waals surface area contributed by atoms with E-state index < -0.39 is 6.04 Å². The topological polar surface area (TPSA) is 68.0 Å². The first-order valence-corrected chi connectivity index (χ1v) is 9.26. The summed E-state index contributed by atoms with van der Waals surface area (Å²) < 4.78 is 0. The first-order chi connectivity index (χ1) is 11.3. The fraction of sp³-hybridized carbons (Fsp3) is 0.444. The maximum Gasteiger partial charge on any atom is 0.237 e. The lowest BCUT2D eigenvalue weighted by Gasteiger charge is -2.17. The van der Waals surface area contributed by atoms with Crippen molar-refractivity contribution in [2.24, 2.45) is 11.7 Å². The number of nitrogens with two attached hydrogens (primary N) is 1. The first kappa shape index (κ1) is 18.9. The van der Waals surface area contributed by atoms with Gasteiger partial charge in [-0.2, -0.15) is 0 Å². The van der Waals surface area contributed by atoms with Crippen LogP contribution in [0.5, 0.6) is 0 Å². The standard InChI is InChI=1S/C18H24ClN3OS/c1-10(2)9-15(20)17(23)21-11(3)18-22-16(12(4)24-18)13-5-7-14(19)8-6-13/h5-8,10-11,15H,9,20H2,1-4H3,(H,21,23)/t11?,15-/m0/s1. The SMILES string of the molecule is Cc1sc(C(C)NC(=O)[C@@H](N)CC(C)C)nc1-c1ccc(Cl)cc1. The fourth-order valence-corrected chi connectivity index (χ4v) is 3.55. The Bertz CT molecular complexity index is 697. The highest BCUT2D eigenvalue weighted by molar-refractivity contribution is 7.12. The molecule has 0 spiro atoms. The highest BCUT2D eigenvalue weighted by Gasteiger charge is 2.20. The van der Waals surface area contributed by atoms with Crippen LogP contribution in [0.1, 0.15) is 43.1 Å². The summed E-state index contributed by atoms with van der Waals surface area (Å²) in [4.78, 5) is 18.0. The number of benzene rings is 1. The molecule has 0 aliphatic rings. The van der Waals surface area contributed by atoms with Gasteiger partial charge in [0.05, 0.1) is 17.8 Å². The van der Waals surface area contributed by atoms with Crippen molar-refractivity contribution in [3.05, 3.63) is 39.2 Å². The zero-order valence-electron chi connectivity index (χ0n) is 14.5. The van der Waals surface area contributed by atoms with Gasteiger partial charge >= 0.3 is 0 Å². The van der Waals surface area contributed by atoms with Crippen molar-refractivity contribution in [1.82, 2.24) is 10.3 Å². The molecular weight excluding hydrogens is 342 g/mol. The number of amides is 1. The minimum atomic E-state index is -0.482. The Morgan fingerprint density at radius 3 is 2.50 bits per heavy atom. The van der Waals surface area contributed by atoms with Crippen LogP contribution in [0.4, 0.5) is 0 Å². The number of rotatable bonds is 6. The molecule has 0 saturated carbocycles. The van der Waals surface area contributed by atoms with Crippen molar-refractivity contribution >= 4 is 28.8 Å². The zero-order valence-corrected chi connectivity index (χ0v) is 16.0. The van der Waals surface area contributed by atoms with Crippen molar-refractivity contribution in [2.45, 2.75) is 46.2 Å². The van der Waals surface area contributed by atoms with Crippen molar-refractivity contribution in [3.8, 4) is 11.3 Å². The zero-order chi connectivity index (χ0) is 17.9. The van der Waals surface area contributed by atoms with E-state index in [4.69, 9.17) is 22.3 Å². The molecule has 0 aliphatic heterocycles. The Balaban J connectivity index is 2.11. The quantitative estimate of drug-likeness (QED) is 0.800. The molecule has 4 nitrogen and oxygen atoms in total. The third kappa shape index (κ3) is 4.79. The van der Waals surface area contributed by atoms with Crippen molar-refractivity contribution < 1.29 is 4.79 Å². The van der Waals surface area contributed by atoms with E-state index in [-0.39, 0.29) is 11.9 Å². The second-order valence-electron chi connectivity index (χ2n) is 6.43. The molecule has 3 N–H and O–H groups in total. The van der Waals surface area contributed by atoms with Gasteiger partial charge in [-0.15, -0.1) is 11.3 Å². The first-order valence-electron chi connectivity index (χ1n) is 8.07. The normalized spacial score (nSPS) is 13.8. The van der Waals surface area contributed by atoms with Crippen molar-refractivity contribution in [2.75, 3.05) is 0 Å². The smallest absolute Gasteiger partial charge is 0.237 e. The van der Waals surface area contributed by atoms with Gasteiger partial charge in [0.15, 0.2) is 0 Å². The molecular formula is C18H24ClN3OS. The number of halogens is 1. The van der Waals surface area contributed by atoms with Crippen LogP contribution in [-0.4, -0.2) is 16.9 Å². The summed E-state index contributed by atoms with van der Waals surface area (Å²) in [7, 11) is 0. The van der Waals surface area contributed by atoms with Crippen LogP contribution in [0.15, 0.2) is 24.3 Å². The summed E-state index contributed by atoms with van der Waals surface area (Å²) in [6, 6.07) is 6.97. The number of hydrogen-bond acceptors (Lipinski definition) is 4. The predicted molar refractivity (Wildman–Crippen MR) is 101 cm³/mol. The Kier molecular flexibility index (Phi) is 6.38. The molecule has 0 fully saturated rings. The predicted octanol–water partition coefficient (Wildman–Crippen LogP) is 4.32. The van der Waals surface area contributed by atoms with Crippen LogP contribution in [0, 0.1) is 12.8 Å². The molecule has 130 valence electrons. The number of carbonyl (C=O) groups excluding carboxylic acids is 1. The summed E-state index contributed by atoms with van der Waals surface area (Å²) in [5.74, 6) is 0.261. The Hall–Kier alpha value is -1.43. The molecule has 6 heteroatoms. The number of hydrogen-bond donors (Lipinski definition) is 2. The van der Waals surface area contributed by atoms with E-state index in [2.05, 4.69) is 19.2 Å². The van der Waals surface area contributed by atoms with E-state index in [1.54, 1.807) is 11.3 Å². The average molecular weight is 366 g/mol. The number of aryl methyl sites for hydroxylation is 1. The number of thiazole rings is 1. The van der Waals surface area contributed by atoms with Crippen molar-refractivity contribution in [1.29, 1.82) is 0 Å². The van der Waals surface area contributed by atoms with Gasteiger partial charge in [0.2, 0.25) is 5.91 Å². The van der Waals surface area contributed by atoms with Crippen LogP contribution in [0.3, 0.4) is 0 Å². The van der Waals surface area contributed by atoms with E-state index in [1.807, 2.05) is 38.1 Å². The van der Waals surface area contributed by atoms with E-state index in [0.717, 1.165) is 21.1 Å². The van der Waals surface area contributed by atoms with E-state index in [1.165, 1.54) is 0 Å². The molecule has 0 bridgehead atoms. The number of carbonyl (C=O) groups is 1. The second-order valence-corrected chi connectivity index (χ2v) is 8.10. The molecule has 1 aromatic heterocycles. The largest absolute Gasteiger partial charge is 0.346 e. The lowest BCUT2D eigenvalue weighted by molar-refractivity contribution is -0.123. The van der Waals surface area contributed by atoms with Gasteiger partial charge in [0.1, 0.15) is 5.01 Å². The Labute approximate surface area is 152 Å². The van der Waals surface area contributed by atoms with Crippen LogP contribution in [0.25, 0.3) is 11.3 Å². The van der Waals surface area contributed by atoms with E-state index >= 15 is 0 Å². The third-order valence-electron chi connectivity index (χ3n) is 3.72. The average Bonchev–Trinajstić information content (AvgIpc) is 2.89. The van der Waals surface area contributed by atoms with Gasteiger partial charge in [0.25, 0.3) is 0 Å². The molecule has 2 atom stereocenters. The van der Waals surface area contributed by atoms with Gasteiger partial charge in [-0.05, 0) is 38.3 Å². The second kappa shape index (κ2) is 8.10. The van der Waals surface area contributed by atoms with Gasteiger partial charge < -0.3 is 11.1 Å². The fourth-order valence-electron chi connectivity index (χ4n) is 2.47. The summed E-state index contributed by atoms with van der Waals surface area (Å²) in [5, 5.41) is 4.54. The summed E-state index contributed by atoms with van der Waals surface area (Å²) in [6.07, 6.45) is 0.672. The molecule has 1 amide bonds. The molecule has 24 heavy (non-hydrogen) atoms. The van der Waals surface area contributed by atoms with Gasteiger partial charge in [-0.3, -0.25) is 4.79 Å². The minimum absolute atomic E-state index is 0.128. The summed E-state index contributed by atoms with van der Waals surface area (Å²) in [6.45, 7) is 8.08. The number of aromatic nitrogens is 1. The molecule has 0 radical (unpaired) electrons. The molecule has 2 rings (SSSR count). The van der Waals surface area contributed by atoms with E-state index in [0.29, 0.717) is 17.4 Å². The van der Waals surface area contributed by atoms with Gasteiger partial charge in [0, 0.05) is 15.5 Å². The Morgan fingerprint density at radius 2 is 1.92 bits per heavy atom. The lowest BCUT2D eigenvalue weighted by Crippen LogP contribution is -2.42. The molecule has 1 heterocycles. The molecule has 2 aromatic rings. The van der Waals surface area contributed by atoms with Crippen LogP contribution >= 0.6 is 22.9 Å². The van der Waals surface area contributed by atoms with E-state index in [9.17, 15) is 4.79 Å². The number of nitrogens with zero attached hydrogens (tertiary/aromatic N) is 1. The minimum Gasteiger partial charge on any atom is -0.346 e. The highest BCUT2D eigenvalue weighted by Crippen LogP contribution is 2.31. The van der Waals surface area contributed by atoms with Crippen LogP contribution in [-0.2, 0) is 4.79 Å². The maximum atomic E-state index is 12.2.